The first-order valence-corrected chi connectivity index (χ1v) is 8.18. The second kappa shape index (κ2) is 5.52. The molecule has 1 aliphatic rings. The van der Waals surface area contributed by atoms with E-state index in [4.69, 9.17) is 0 Å². The molecule has 2 rings (SSSR count). The van der Waals surface area contributed by atoms with Gasteiger partial charge in [-0.1, -0.05) is 25.1 Å². The summed E-state index contributed by atoms with van der Waals surface area (Å²) in [5.74, 6) is -1.19. The van der Waals surface area contributed by atoms with Gasteiger partial charge in [-0.25, -0.2) is 0 Å². The Morgan fingerprint density at radius 1 is 1.40 bits per heavy atom. The van der Waals surface area contributed by atoms with Crippen molar-refractivity contribution in [2.24, 2.45) is 5.92 Å². The van der Waals surface area contributed by atoms with Gasteiger partial charge in [-0.15, -0.1) is 3.89 Å². The fourth-order valence-electron chi connectivity index (χ4n) is 2.78. The average Bonchev–Trinajstić information content (AvgIpc) is 2.67. The molecule has 1 atom stereocenters. The molecule has 0 aliphatic carbocycles. The summed E-state index contributed by atoms with van der Waals surface area (Å²) in [4.78, 5) is 13.7. The topological polar surface area (TPSA) is 54.5 Å². The van der Waals surface area contributed by atoms with E-state index in [1.165, 1.54) is 0 Å². The Morgan fingerprint density at radius 3 is 2.70 bits per heavy atom. The summed E-state index contributed by atoms with van der Waals surface area (Å²) in [6.45, 7) is 4.18. The summed E-state index contributed by atoms with van der Waals surface area (Å²) in [6.07, 6.45) is 0.869. The molecule has 0 bridgehead atoms. The summed E-state index contributed by atoms with van der Waals surface area (Å²) in [5, 5.41) is 0. The van der Waals surface area contributed by atoms with Crippen molar-refractivity contribution in [3.05, 3.63) is 29.3 Å². The number of para-hydroxylation sites is 1. The standard InChI is InChI=1S/C14H18FNO3S/c1-3-12-6-4-5-10(2)14(12)16-8-11(7-13(16)17)9-20(15,18)19/h4-6,11H,3,7-9H2,1-2H3. The molecular formula is C14H18FNO3S. The first-order chi connectivity index (χ1) is 9.31. The minimum absolute atomic E-state index is 0.0840. The van der Waals surface area contributed by atoms with E-state index in [2.05, 4.69) is 0 Å². The minimum Gasteiger partial charge on any atom is -0.312 e. The van der Waals surface area contributed by atoms with Crippen molar-refractivity contribution in [2.75, 3.05) is 17.2 Å². The number of halogens is 1. The molecule has 0 N–H and O–H groups in total. The van der Waals surface area contributed by atoms with Crippen LogP contribution in [0.5, 0.6) is 0 Å². The molecule has 6 heteroatoms. The van der Waals surface area contributed by atoms with E-state index in [-0.39, 0.29) is 18.9 Å². The third-order valence-electron chi connectivity index (χ3n) is 3.61. The van der Waals surface area contributed by atoms with Gasteiger partial charge in [0.25, 0.3) is 0 Å². The first-order valence-electron chi connectivity index (χ1n) is 6.63. The van der Waals surface area contributed by atoms with E-state index in [0.29, 0.717) is 0 Å². The van der Waals surface area contributed by atoms with Gasteiger partial charge in [0.15, 0.2) is 0 Å². The van der Waals surface area contributed by atoms with Crippen molar-refractivity contribution >= 4 is 21.8 Å². The zero-order valence-corrected chi connectivity index (χ0v) is 12.4. The Kier molecular flexibility index (Phi) is 4.13. The van der Waals surface area contributed by atoms with Gasteiger partial charge < -0.3 is 4.90 Å². The quantitative estimate of drug-likeness (QED) is 0.801. The maximum absolute atomic E-state index is 12.8. The number of amides is 1. The molecule has 0 spiro atoms. The highest BCUT2D eigenvalue weighted by Gasteiger charge is 2.34. The van der Waals surface area contributed by atoms with Gasteiger partial charge in [0.1, 0.15) is 0 Å². The van der Waals surface area contributed by atoms with Gasteiger partial charge in [-0.05, 0) is 24.5 Å². The van der Waals surface area contributed by atoms with E-state index in [0.717, 1.165) is 23.2 Å². The molecule has 1 amide bonds. The van der Waals surface area contributed by atoms with Crippen LogP contribution in [0.3, 0.4) is 0 Å². The van der Waals surface area contributed by atoms with Crippen molar-refractivity contribution in [2.45, 2.75) is 26.7 Å². The van der Waals surface area contributed by atoms with Gasteiger partial charge in [-0.2, -0.15) is 8.42 Å². The molecule has 1 aliphatic heterocycles. The zero-order chi connectivity index (χ0) is 14.9. The normalized spacial score (nSPS) is 19.6. The molecule has 1 saturated heterocycles. The van der Waals surface area contributed by atoms with Crippen molar-refractivity contribution in [3.63, 3.8) is 0 Å². The smallest absolute Gasteiger partial charge is 0.302 e. The lowest BCUT2D eigenvalue weighted by Crippen LogP contribution is -2.27. The third-order valence-corrected chi connectivity index (χ3v) is 4.48. The number of nitrogens with zero attached hydrogens (tertiary/aromatic N) is 1. The number of anilines is 1. The number of benzene rings is 1. The molecular weight excluding hydrogens is 281 g/mol. The minimum atomic E-state index is -4.54. The zero-order valence-electron chi connectivity index (χ0n) is 11.6. The van der Waals surface area contributed by atoms with E-state index in [1.807, 2.05) is 32.0 Å². The van der Waals surface area contributed by atoms with Crippen LogP contribution in [-0.4, -0.2) is 26.6 Å². The second-order valence-corrected chi connectivity index (χ2v) is 6.63. The fourth-order valence-corrected chi connectivity index (χ4v) is 3.57. The Morgan fingerprint density at radius 2 is 2.10 bits per heavy atom. The predicted octanol–water partition coefficient (Wildman–Crippen LogP) is 2.21. The Bertz CT molecular complexity index is 627. The molecule has 1 aromatic rings. The molecule has 0 saturated carbocycles. The van der Waals surface area contributed by atoms with E-state index >= 15 is 0 Å². The molecule has 4 nitrogen and oxygen atoms in total. The van der Waals surface area contributed by atoms with Crippen LogP contribution in [0.2, 0.25) is 0 Å². The number of hydrogen-bond donors (Lipinski definition) is 0. The van der Waals surface area contributed by atoms with Gasteiger partial charge in [0, 0.05) is 24.6 Å². The maximum atomic E-state index is 12.8. The number of rotatable bonds is 4. The predicted molar refractivity (Wildman–Crippen MR) is 75.9 cm³/mol. The highest BCUT2D eigenvalue weighted by atomic mass is 32.3. The summed E-state index contributed by atoms with van der Waals surface area (Å²) >= 11 is 0. The molecule has 110 valence electrons. The number of carbonyl (C=O) groups is 1. The second-order valence-electron chi connectivity index (χ2n) is 5.22. The van der Waals surface area contributed by atoms with Crippen LogP contribution < -0.4 is 4.90 Å². The van der Waals surface area contributed by atoms with Crippen LogP contribution in [-0.2, 0) is 21.4 Å². The molecule has 1 unspecified atom stereocenters. The monoisotopic (exact) mass is 299 g/mol. The largest absolute Gasteiger partial charge is 0.312 e. The van der Waals surface area contributed by atoms with Crippen LogP contribution in [0.1, 0.15) is 24.5 Å². The van der Waals surface area contributed by atoms with Crippen molar-refractivity contribution in [3.8, 4) is 0 Å². The summed E-state index contributed by atoms with van der Waals surface area (Å²) in [6, 6.07) is 5.80. The summed E-state index contributed by atoms with van der Waals surface area (Å²) < 4.78 is 34.2. The molecule has 1 fully saturated rings. The van der Waals surface area contributed by atoms with Gasteiger partial charge in [-0.3, -0.25) is 4.79 Å². The first kappa shape index (κ1) is 15.0. The molecule has 20 heavy (non-hydrogen) atoms. The lowest BCUT2D eigenvalue weighted by Gasteiger charge is -2.22. The summed E-state index contributed by atoms with van der Waals surface area (Å²) in [5.41, 5.74) is 2.86. The maximum Gasteiger partial charge on any atom is 0.302 e. The van der Waals surface area contributed by atoms with Crippen molar-refractivity contribution < 1.29 is 17.1 Å². The summed E-state index contributed by atoms with van der Waals surface area (Å²) in [7, 11) is -4.54. The van der Waals surface area contributed by atoms with Gasteiger partial charge in [0.05, 0.1) is 5.75 Å². The number of hydrogen-bond acceptors (Lipinski definition) is 3. The molecule has 1 aromatic carbocycles. The van der Waals surface area contributed by atoms with E-state index < -0.39 is 21.9 Å². The Hall–Kier alpha value is -1.43. The highest BCUT2D eigenvalue weighted by Crippen LogP contribution is 2.32. The van der Waals surface area contributed by atoms with E-state index in [9.17, 15) is 17.1 Å². The average molecular weight is 299 g/mol. The Labute approximate surface area is 118 Å². The third kappa shape index (κ3) is 3.17. The fraction of sp³-hybridized carbons (Fsp3) is 0.500. The lowest BCUT2D eigenvalue weighted by molar-refractivity contribution is -0.117. The van der Waals surface area contributed by atoms with Crippen LogP contribution >= 0.6 is 0 Å². The molecule has 0 aromatic heterocycles. The SMILES string of the molecule is CCc1cccc(C)c1N1CC(CS(=O)(=O)F)CC1=O. The van der Waals surface area contributed by atoms with Gasteiger partial charge in [0.2, 0.25) is 5.91 Å². The number of carbonyl (C=O) groups excluding carboxylic acids is 1. The van der Waals surface area contributed by atoms with Crippen molar-refractivity contribution in [1.29, 1.82) is 0 Å². The Balaban J connectivity index is 2.29. The van der Waals surface area contributed by atoms with Crippen molar-refractivity contribution in [1.82, 2.24) is 0 Å². The van der Waals surface area contributed by atoms with Crippen LogP contribution in [0.4, 0.5) is 9.57 Å². The van der Waals surface area contributed by atoms with Gasteiger partial charge >= 0.3 is 10.2 Å². The number of aryl methyl sites for hydroxylation is 2. The lowest BCUT2D eigenvalue weighted by atomic mass is 10.0. The highest BCUT2D eigenvalue weighted by molar-refractivity contribution is 7.86. The molecule has 0 radical (unpaired) electrons. The van der Waals surface area contributed by atoms with Crippen LogP contribution in [0.15, 0.2) is 18.2 Å². The molecule has 1 heterocycles. The van der Waals surface area contributed by atoms with Crippen LogP contribution in [0.25, 0.3) is 0 Å². The van der Waals surface area contributed by atoms with E-state index in [1.54, 1.807) is 4.90 Å². The van der Waals surface area contributed by atoms with Crippen LogP contribution in [0, 0.1) is 12.8 Å².